The highest BCUT2D eigenvalue weighted by Crippen LogP contribution is 2.25. The van der Waals surface area contributed by atoms with Crippen molar-refractivity contribution in [3.63, 3.8) is 0 Å². The number of nitrogens with zero attached hydrogens (tertiary/aromatic N) is 5. The molecule has 1 aliphatic rings. The minimum atomic E-state index is -0.718. The van der Waals surface area contributed by atoms with Crippen LogP contribution in [0.15, 0.2) is 35.1 Å². The molecule has 12 heteroatoms. The van der Waals surface area contributed by atoms with Gasteiger partial charge in [0.15, 0.2) is 0 Å². The number of piperidine rings is 1. The first kappa shape index (κ1) is 26.0. The van der Waals surface area contributed by atoms with Crippen LogP contribution in [-0.2, 0) is 11.2 Å². The van der Waals surface area contributed by atoms with Gasteiger partial charge in [0.2, 0.25) is 23.6 Å². The highest BCUT2D eigenvalue weighted by Gasteiger charge is 2.21. The van der Waals surface area contributed by atoms with E-state index in [2.05, 4.69) is 30.3 Å². The van der Waals surface area contributed by atoms with Crippen LogP contribution in [0.5, 0.6) is 5.75 Å². The van der Waals surface area contributed by atoms with Crippen LogP contribution in [-0.4, -0.2) is 58.2 Å². The zero-order chi connectivity index (χ0) is 26.2. The lowest BCUT2D eigenvalue weighted by Gasteiger charge is -2.32. The molecule has 4 rings (SSSR count). The maximum Gasteiger partial charge on any atom is 0.254 e. The third kappa shape index (κ3) is 6.99. The van der Waals surface area contributed by atoms with E-state index in [4.69, 9.17) is 15.0 Å². The molecule has 0 aliphatic carbocycles. The van der Waals surface area contributed by atoms with Crippen molar-refractivity contribution in [2.24, 2.45) is 11.7 Å². The van der Waals surface area contributed by atoms with E-state index >= 15 is 0 Å². The standard InChI is InChI=1S/C25H30FN7O4/c1-2-22-31-23(32-37-22)17-13-29-25(30-14-17)33-9-7-16(8-10-33)4-3-11-36-18-5-6-19(20(26)12-18)24(35)28-15-21(27)34/h5-6,12-14,16H,2-4,7-11,15H2,1H3,(H2,27,34)(H,28,35). The molecular formula is C25H30FN7O4. The molecule has 1 saturated heterocycles. The number of anilines is 1. The van der Waals surface area contributed by atoms with Gasteiger partial charge in [-0.2, -0.15) is 4.98 Å². The Bertz CT molecular complexity index is 1210. The summed E-state index contributed by atoms with van der Waals surface area (Å²) in [6.07, 6.45) is 8.01. The number of hydrogen-bond donors (Lipinski definition) is 2. The average molecular weight is 512 g/mol. The average Bonchev–Trinajstić information content (AvgIpc) is 3.40. The Morgan fingerprint density at radius 2 is 2.00 bits per heavy atom. The number of carbonyl (C=O) groups excluding carboxylic acids is 2. The predicted molar refractivity (Wildman–Crippen MR) is 132 cm³/mol. The number of aromatic nitrogens is 4. The van der Waals surface area contributed by atoms with E-state index in [1.807, 2.05) is 6.92 Å². The van der Waals surface area contributed by atoms with Gasteiger partial charge in [0, 0.05) is 38.0 Å². The molecule has 0 bridgehead atoms. The SMILES string of the molecule is CCc1nc(-c2cnc(N3CCC(CCCOc4ccc(C(=O)NCC(N)=O)c(F)c4)CC3)nc2)no1. The maximum atomic E-state index is 14.2. The van der Waals surface area contributed by atoms with E-state index in [0.29, 0.717) is 42.4 Å². The van der Waals surface area contributed by atoms with E-state index in [-0.39, 0.29) is 12.1 Å². The quantitative estimate of drug-likeness (QED) is 0.370. The van der Waals surface area contributed by atoms with Gasteiger partial charge in [-0.3, -0.25) is 9.59 Å². The Labute approximate surface area is 213 Å². The lowest BCUT2D eigenvalue weighted by molar-refractivity contribution is -0.117. The monoisotopic (exact) mass is 511 g/mol. The summed E-state index contributed by atoms with van der Waals surface area (Å²) in [5.74, 6) is 0.573. The largest absolute Gasteiger partial charge is 0.493 e. The summed E-state index contributed by atoms with van der Waals surface area (Å²) in [6.45, 7) is 3.80. The molecule has 3 N–H and O–H groups in total. The number of primary amides is 1. The number of nitrogens with two attached hydrogens (primary N) is 1. The highest BCUT2D eigenvalue weighted by atomic mass is 19.1. The Morgan fingerprint density at radius 3 is 2.65 bits per heavy atom. The van der Waals surface area contributed by atoms with Gasteiger partial charge >= 0.3 is 0 Å². The summed E-state index contributed by atoms with van der Waals surface area (Å²) >= 11 is 0. The molecule has 3 aromatic rings. The summed E-state index contributed by atoms with van der Waals surface area (Å²) in [4.78, 5) is 38.1. The number of rotatable bonds is 11. The van der Waals surface area contributed by atoms with Crippen molar-refractivity contribution in [3.8, 4) is 17.1 Å². The fourth-order valence-corrected chi connectivity index (χ4v) is 4.13. The molecule has 3 heterocycles. The number of carbonyl (C=O) groups is 2. The minimum absolute atomic E-state index is 0.167. The summed E-state index contributed by atoms with van der Waals surface area (Å²) in [5.41, 5.74) is 5.54. The van der Waals surface area contributed by atoms with E-state index in [1.54, 1.807) is 12.4 Å². The topological polar surface area (TPSA) is 149 Å². The van der Waals surface area contributed by atoms with Crippen LogP contribution in [0.3, 0.4) is 0 Å². The predicted octanol–water partition coefficient (Wildman–Crippen LogP) is 2.52. The van der Waals surface area contributed by atoms with Crippen LogP contribution in [0, 0.1) is 11.7 Å². The summed E-state index contributed by atoms with van der Waals surface area (Å²) in [5, 5.41) is 6.21. The number of nitrogens with one attached hydrogen (secondary N) is 1. The van der Waals surface area contributed by atoms with Crippen LogP contribution in [0.2, 0.25) is 0 Å². The zero-order valence-corrected chi connectivity index (χ0v) is 20.7. The summed E-state index contributed by atoms with van der Waals surface area (Å²) in [7, 11) is 0. The van der Waals surface area contributed by atoms with Gasteiger partial charge in [0.1, 0.15) is 11.6 Å². The fourth-order valence-electron chi connectivity index (χ4n) is 4.13. The molecule has 0 unspecified atom stereocenters. The Balaban J connectivity index is 1.17. The van der Waals surface area contributed by atoms with E-state index < -0.39 is 17.6 Å². The number of halogens is 1. The molecule has 196 valence electrons. The van der Waals surface area contributed by atoms with E-state index in [0.717, 1.165) is 44.3 Å². The fraction of sp³-hybridized carbons (Fsp3) is 0.440. The summed E-state index contributed by atoms with van der Waals surface area (Å²) in [6, 6.07) is 4.04. The third-order valence-corrected chi connectivity index (χ3v) is 6.20. The van der Waals surface area contributed by atoms with Crippen molar-refractivity contribution < 1.29 is 23.2 Å². The molecule has 1 aromatic carbocycles. The number of hydrogen-bond acceptors (Lipinski definition) is 9. The van der Waals surface area contributed by atoms with Gasteiger partial charge in [-0.05, 0) is 43.7 Å². The molecule has 0 radical (unpaired) electrons. The van der Waals surface area contributed by atoms with Crippen molar-refractivity contribution in [2.75, 3.05) is 31.1 Å². The van der Waals surface area contributed by atoms with Crippen molar-refractivity contribution in [1.29, 1.82) is 0 Å². The molecule has 1 aliphatic heterocycles. The normalized spacial score (nSPS) is 13.9. The lowest BCUT2D eigenvalue weighted by atomic mass is 9.92. The smallest absolute Gasteiger partial charge is 0.254 e. The van der Waals surface area contributed by atoms with Gasteiger partial charge in [0.25, 0.3) is 5.91 Å². The Kier molecular flexibility index (Phi) is 8.60. The second kappa shape index (κ2) is 12.2. The molecule has 37 heavy (non-hydrogen) atoms. The molecule has 0 saturated carbocycles. The number of benzene rings is 1. The Hall–Kier alpha value is -4.09. The number of aryl methyl sites for hydroxylation is 1. The van der Waals surface area contributed by atoms with Crippen molar-refractivity contribution >= 4 is 17.8 Å². The van der Waals surface area contributed by atoms with Gasteiger partial charge in [0.05, 0.1) is 24.3 Å². The molecule has 1 fully saturated rings. The number of amides is 2. The molecule has 0 spiro atoms. The lowest BCUT2D eigenvalue weighted by Crippen LogP contribution is -2.34. The maximum absolute atomic E-state index is 14.2. The van der Waals surface area contributed by atoms with E-state index in [9.17, 15) is 14.0 Å². The van der Waals surface area contributed by atoms with Gasteiger partial charge in [-0.25, -0.2) is 14.4 Å². The van der Waals surface area contributed by atoms with Crippen molar-refractivity contribution in [3.05, 3.63) is 47.9 Å². The van der Waals surface area contributed by atoms with Crippen LogP contribution < -0.4 is 20.7 Å². The second-order valence-electron chi connectivity index (χ2n) is 8.85. The second-order valence-corrected chi connectivity index (χ2v) is 8.85. The first-order valence-electron chi connectivity index (χ1n) is 12.3. The van der Waals surface area contributed by atoms with Crippen molar-refractivity contribution in [2.45, 2.75) is 39.0 Å². The summed E-state index contributed by atoms with van der Waals surface area (Å²) < 4.78 is 25.1. The first-order valence-corrected chi connectivity index (χ1v) is 12.3. The minimum Gasteiger partial charge on any atom is -0.493 e. The van der Waals surface area contributed by atoms with Gasteiger partial charge < -0.3 is 25.2 Å². The van der Waals surface area contributed by atoms with Gasteiger partial charge in [-0.1, -0.05) is 12.1 Å². The molecule has 2 amide bonds. The zero-order valence-electron chi connectivity index (χ0n) is 20.7. The third-order valence-electron chi connectivity index (χ3n) is 6.20. The van der Waals surface area contributed by atoms with E-state index in [1.165, 1.54) is 18.2 Å². The Morgan fingerprint density at radius 1 is 1.24 bits per heavy atom. The highest BCUT2D eigenvalue weighted by molar-refractivity contribution is 5.96. The van der Waals surface area contributed by atoms with Crippen molar-refractivity contribution in [1.82, 2.24) is 25.4 Å². The van der Waals surface area contributed by atoms with Gasteiger partial charge in [-0.15, -0.1) is 0 Å². The van der Waals surface area contributed by atoms with Crippen LogP contribution in [0.25, 0.3) is 11.4 Å². The molecular weight excluding hydrogens is 481 g/mol. The first-order chi connectivity index (χ1) is 17.9. The number of ether oxygens (including phenoxy) is 1. The molecule has 11 nitrogen and oxygen atoms in total. The molecule has 0 atom stereocenters. The molecule has 2 aromatic heterocycles. The van der Waals surface area contributed by atoms with Crippen LogP contribution >= 0.6 is 0 Å². The van der Waals surface area contributed by atoms with Crippen LogP contribution in [0.4, 0.5) is 10.3 Å². The van der Waals surface area contributed by atoms with Crippen LogP contribution in [0.1, 0.15) is 48.9 Å².